The van der Waals surface area contributed by atoms with Crippen LogP contribution in [0.2, 0.25) is 0 Å². The molecule has 19 heavy (non-hydrogen) atoms. The van der Waals surface area contributed by atoms with Gasteiger partial charge in [-0.3, -0.25) is 9.36 Å². The number of aryl methyl sites for hydroxylation is 3. The second kappa shape index (κ2) is 5.19. The van der Waals surface area contributed by atoms with Gasteiger partial charge in [0.25, 0.3) is 0 Å². The molecule has 0 N–H and O–H groups in total. The van der Waals surface area contributed by atoms with Gasteiger partial charge in [-0.05, 0) is 47.1 Å². The fourth-order valence-electron chi connectivity index (χ4n) is 2.64. The SMILES string of the molecule is CCn1nc(Cc2c(C)nn(CC)c2C)c(C)c1C. The number of aromatic nitrogens is 4. The Morgan fingerprint density at radius 2 is 1.42 bits per heavy atom. The van der Waals surface area contributed by atoms with Gasteiger partial charge in [-0.1, -0.05) is 0 Å². The molecule has 4 nitrogen and oxygen atoms in total. The molecule has 2 heterocycles. The zero-order chi connectivity index (χ0) is 14.2. The molecular formula is C15H24N4. The minimum Gasteiger partial charge on any atom is -0.270 e. The summed E-state index contributed by atoms with van der Waals surface area (Å²) in [6.07, 6.45) is 0.886. The van der Waals surface area contributed by atoms with E-state index in [4.69, 9.17) is 5.10 Å². The number of rotatable bonds is 4. The summed E-state index contributed by atoms with van der Waals surface area (Å²) in [7, 11) is 0. The van der Waals surface area contributed by atoms with Crippen molar-refractivity contribution in [3.8, 4) is 0 Å². The van der Waals surface area contributed by atoms with Gasteiger partial charge in [-0.15, -0.1) is 0 Å². The van der Waals surface area contributed by atoms with E-state index in [1.807, 2.05) is 0 Å². The van der Waals surface area contributed by atoms with Crippen molar-refractivity contribution in [2.75, 3.05) is 0 Å². The number of hydrogen-bond acceptors (Lipinski definition) is 2. The first-order chi connectivity index (χ1) is 8.99. The summed E-state index contributed by atoms with van der Waals surface area (Å²) in [5.41, 5.74) is 7.48. The Morgan fingerprint density at radius 3 is 1.89 bits per heavy atom. The molecule has 0 radical (unpaired) electrons. The first kappa shape index (κ1) is 13.8. The predicted octanol–water partition coefficient (Wildman–Crippen LogP) is 2.94. The maximum absolute atomic E-state index is 4.72. The largest absolute Gasteiger partial charge is 0.270 e. The molecule has 0 aromatic carbocycles. The van der Waals surface area contributed by atoms with Crippen LogP contribution >= 0.6 is 0 Å². The zero-order valence-corrected chi connectivity index (χ0v) is 12.9. The Balaban J connectivity index is 2.39. The molecule has 0 saturated heterocycles. The highest BCUT2D eigenvalue weighted by Crippen LogP contribution is 2.21. The highest BCUT2D eigenvalue weighted by Gasteiger charge is 2.16. The van der Waals surface area contributed by atoms with E-state index < -0.39 is 0 Å². The van der Waals surface area contributed by atoms with Crippen LogP contribution in [0.4, 0.5) is 0 Å². The van der Waals surface area contributed by atoms with E-state index in [2.05, 4.69) is 56.0 Å². The molecule has 0 spiro atoms. The Morgan fingerprint density at radius 1 is 0.842 bits per heavy atom. The van der Waals surface area contributed by atoms with E-state index in [-0.39, 0.29) is 0 Å². The van der Waals surface area contributed by atoms with E-state index in [9.17, 15) is 0 Å². The molecule has 4 heteroatoms. The van der Waals surface area contributed by atoms with E-state index in [1.165, 1.54) is 28.2 Å². The van der Waals surface area contributed by atoms with E-state index in [0.29, 0.717) is 0 Å². The molecule has 0 amide bonds. The van der Waals surface area contributed by atoms with Gasteiger partial charge in [0, 0.05) is 36.5 Å². The highest BCUT2D eigenvalue weighted by molar-refractivity contribution is 5.33. The molecule has 2 aromatic rings. The summed E-state index contributed by atoms with van der Waals surface area (Å²) < 4.78 is 4.16. The van der Waals surface area contributed by atoms with Crippen LogP contribution in [0.5, 0.6) is 0 Å². The number of hydrogen-bond donors (Lipinski definition) is 0. The zero-order valence-electron chi connectivity index (χ0n) is 12.9. The van der Waals surface area contributed by atoms with Crippen LogP contribution in [0.3, 0.4) is 0 Å². The molecule has 0 aliphatic heterocycles. The lowest BCUT2D eigenvalue weighted by molar-refractivity contribution is 0.629. The maximum atomic E-state index is 4.72. The quantitative estimate of drug-likeness (QED) is 0.847. The van der Waals surface area contributed by atoms with Crippen molar-refractivity contribution >= 4 is 0 Å². The van der Waals surface area contributed by atoms with Gasteiger partial charge in [0.05, 0.1) is 11.4 Å². The lowest BCUT2D eigenvalue weighted by atomic mass is 10.0. The predicted molar refractivity (Wildman–Crippen MR) is 77.6 cm³/mol. The third-order valence-electron chi connectivity index (χ3n) is 4.08. The molecule has 0 atom stereocenters. The molecule has 0 bridgehead atoms. The summed E-state index contributed by atoms with van der Waals surface area (Å²) >= 11 is 0. The van der Waals surface area contributed by atoms with Crippen LogP contribution in [0.1, 0.15) is 47.8 Å². The Hall–Kier alpha value is -1.58. The Bertz CT molecular complexity index is 590. The Labute approximate surface area is 115 Å². The minimum atomic E-state index is 0.886. The van der Waals surface area contributed by atoms with Gasteiger partial charge in [0.2, 0.25) is 0 Å². The molecule has 0 saturated carbocycles. The smallest absolute Gasteiger partial charge is 0.0701 e. The van der Waals surface area contributed by atoms with E-state index >= 15 is 0 Å². The van der Waals surface area contributed by atoms with E-state index in [0.717, 1.165) is 25.2 Å². The molecule has 0 fully saturated rings. The topological polar surface area (TPSA) is 35.6 Å². The summed E-state index contributed by atoms with van der Waals surface area (Å²) in [6, 6.07) is 0. The van der Waals surface area contributed by atoms with Crippen LogP contribution in [-0.2, 0) is 19.5 Å². The lowest BCUT2D eigenvalue weighted by Gasteiger charge is -2.02. The van der Waals surface area contributed by atoms with Gasteiger partial charge >= 0.3 is 0 Å². The van der Waals surface area contributed by atoms with Crippen LogP contribution in [-0.4, -0.2) is 19.6 Å². The van der Waals surface area contributed by atoms with Gasteiger partial charge < -0.3 is 0 Å². The fourth-order valence-corrected chi connectivity index (χ4v) is 2.64. The number of nitrogens with zero attached hydrogens (tertiary/aromatic N) is 4. The van der Waals surface area contributed by atoms with Crippen molar-refractivity contribution < 1.29 is 0 Å². The monoisotopic (exact) mass is 260 g/mol. The average molecular weight is 260 g/mol. The van der Waals surface area contributed by atoms with Crippen molar-refractivity contribution in [3.05, 3.63) is 33.9 Å². The van der Waals surface area contributed by atoms with Gasteiger partial charge in [0.1, 0.15) is 0 Å². The standard InChI is InChI=1S/C15H24N4/c1-7-18-12(5)10(3)15(17-18)9-14-11(4)16-19(8-2)13(14)6/h7-9H2,1-6H3. The van der Waals surface area contributed by atoms with Gasteiger partial charge in [0.15, 0.2) is 0 Å². The van der Waals surface area contributed by atoms with Crippen molar-refractivity contribution in [2.45, 2.75) is 61.1 Å². The summed E-state index contributed by atoms with van der Waals surface area (Å²) in [5, 5.41) is 9.31. The van der Waals surface area contributed by atoms with Crippen LogP contribution in [0.25, 0.3) is 0 Å². The van der Waals surface area contributed by atoms with Crippen molar-refractivity contribution in [1.29, 1.82) is 0 Å². The molecular weight excluding hydrogens is 236 g/mol. The highest BCUT2D eigenvalue weighted by atomic mass is 15.3. The van der Waals surface area contributed by atoms with Crippen molar-refractivity contribution in [2.24, 2.45) is 0 Å². The van der Waals surface area contributed by atoms with E-state index in [1.54, 1.807) is 0 Å². The average Bonchev–Trinajstić information content (AvgIpc) is 2.83. The minimum absolute atomic E-state index is 0.886. The van der Waals surface area contributed by atoms with Crippen LogP contribution in [0, 0.1) is 27.7 Å². The molecule has 0 unspecified atom stereocenters. The lowest BCUT2D eigenvalue weighted by Crippen LogP contribution is -2.01. The fraction of sp³-hybridized carbons (Fsp3) is 0.600. The molecule has 2 aromatic heterocycles. The molecule has 2 rings (SSSR count). The van der Waals surface area contributed by atoms with Crippen LogP contribution < -0.4 is 0 Å². The van der Waals surface area contributed by atoms with Gasteiger partial charge in [-0.2, -0.15) is 10.2 Å². The summed E-state index contributed by atoms with van der Waals surface area (Å²) in [5.74, 6) is 0. The second-order valence-electron chi connectivity index (χ2n) is 5.11. The van der Waals surface area contributed by atoms with Crippen molar-refractivity contribution in [1.82, 2.24) is 19.6 Å². The molecule has 104 valence electrons. The van der Waals surface area contributed by atoms with Crippen molar-refractivity contribution in [3.63, 3.8) is 0 Å². The third kappa shape index (κ3) is 2.31. The van der Waals surface area contributed by atoms with Gasteiger partial charge in [-0.25, -0.2) is 0 Å². The molecule has 0 aliphatic rings. The Kier molecular flexibility index (Phi) is 3.78. The second-order valence-corrected chi connectivity index (χ2v) is 5.11. The molecule has 0 aliphatic carbocycles. The maximum Gasteiger partial charge on any atom is 0.0701 e. The summed E-state index contributed by atoms with van der Waals surface area (Å²) in [6.45, 7) is 14.7. The van der Waals surface area contributed by atoms with Crippen LogP contribution in [0.15, 0.2) is 0 Å². The third-order valence-corrected chi connectivity index (χ3v) is 4.08. The first-order valence-corrected chi connectivity index (χ1v) is 7.05. The summed E-state index contributed by atoms with van der Waals surface area (Å²) in [4.78, 5) is 0. The first-order valence-electron chi connectivity index (χ1n) is 7.05. The normalized spacial score (nSPS) is 11.3.